The number of pyridine rings is 1. The van der Waals surface area contributed by atoms with E-state index >= 15 is 0 Å². The molecule has 2 aromatic heterocycles. The lowest BCUT2D eigenvalue weighted by molar-refractivity contribution is -0.101. The lowest BCUT2D eigenvalue weighted by Crippen LogP contribution is -2.64. The molecular formula is C14H21N5O2. The average molecular weight is 291 g/mol. The highest BCUT2D eigenvalue weighted by Crippen LogP contribution is 2.23. The summed E-state index contributed by atoms with van der Waals surface area (Å²) >= 11 is 0. The Morgan fingerprint density at radius 2 is 2.38 bits per heavy atom. The van der Waals surface area contributed by atoms with Crippen LogP contribution in [0.25, 0.3) is 5.65 Å². The molecule has 0 bridgehead atoms. The van der Waals surface area contributed by atoms with Crippen molar-refractivity contribution in [2.45, 2.75) is 18.5 Å². The Balaban J connectivity index is 1.80. The Bertz CT molecular complexity index is 616. The number of hydrogen-bond donors (Lipinski definition) is 2. The van der Waals surface area contributed by atoms with Gasteiger partial charge in [-0.1, -0.05) is 6.07 Å². The fourth-order valence-electron chi connectivity index (χ4n) is 2.74. The summed E-state index contributed by atoms with van der Waals surface area (Å²) < 4.78 is 7.53. The van der Waals surface area contributed by atoms with Crippen molar-refractivity contribution < 1.29 is 9.84 Å². The van der Waals surface area contributed by atoms with E-state index < -0.39 is 5.54 Å². The molecule has 3 heterocycles. The maximum atomic E-state index is 9.89. The molecule has 3 rings (SSSR count). The topological polar surface area (TPSA) is 74.9 Å². The van der Waals surface area contributed by atoms with Gasteiger partial charge in [-0.05, 0) is 26.1 Å². The number of aliphatic hydroxyl groups is 1. The van der Waals surface area contributed by atoms with E-state index in [1.165, 1.54) is 0 Å². The third-order valence-corrected chi connectivity index (χ3v) is 4.37. The smallest absolute Gasteiger partial charge is 0.162 e. The molecule has 1 fully saturated rings. The average Bonchev–Trinajstić information content (AvgIpc) is 2.98. The maximum absolute atomic E-state index is 9.89. The minimum Gasteiger partial charge on any atom is -0.394 e. The Hall–Kier alpha value is -1.70. The monoisotopic (exact) mass is 291 g/mol. The summed E-state index contributed by atoms with van der Waals surface area (Å²) in [7, 11) is 2.03. The van der Waals surface area contributed by atoms with Gasteiger partial charge in [0, 0.05) is 12.6 Å². The van der Waals surface area contributed by atoms with Gasteiger partial charge in [-0.2, -0.15) is 0 Å². The minimum absolute atomic E-state index is 0.0407. The van der Waals surface area contributed by atoms with Gasteiger partial charge in [0.05, 0.1) is 25.4 Å². The molecule has 114 valence electrons. The molecule has 1 aliphatic rings. The van der Waals surface area contributed by atoms with Crippen LogP contribution in [0.2, 0.25) is 0 Å². The summed E-state index contributed by atoms with van der Waals surface area (Å²) in [5, 5.41) is 21.2. The van der Waals surface area contributed by atoms with Gasteiger partial charge in [0.2, 0.25) is 0 Å². The van der Waals surface area contributed by atoms with Crippen molar-refractivity contribution in [1.29, 1.82) is 0 Å². The van der Waals surface area contributed by atoms with E-state index in [1.54, 1.807) is 6.33 Å². The van der Waals surface area contributed by atoms with E-state index in [4.69, 9.17) is 4.74 Å². The van der Waals surface area contributed by atoms with Crippen LogP contribution in [-0.4, -0.2) is 69.6 Å². The van der Waals surface area contributed by atoms with Crippen LogP contribution in [0.15, 0.2) is 24.5 Å². The molecule has 0 spiro atoms. The Labute approximate surface area is 123 Å². The summed E-state index contributed by atoms with van der Waals surface area (Å²) in [5.74, 6) is 0.900. The zero-order valence-electron chi connectivity index (χ0n) is 12.4. The summed E-state index contributed by atoms with van der Waals surface area (Å²) in [4.78, 5) is 2.19. The van der Waals surface area contributed by atoms with Crippen LogP contribution in [0.1, 0.15) is 6.92 Å². The van der Waals surface area contributed by atoms with Crippen molar-refractivity contribution in [2.24, 2.45) is 0 Å². The van der Waals surface area contributed by atoms with Gasteiger partial charge < -0.3 is 15.2 Å². The summed E-state index contributed by atoms with van der Waals surface area (Å²) in [6.45, 7) is 3.93. The number of aliphatic hydroxyl groups excluding tert-OH is 1. The number of morpholine rings is 1. The predicted octanol–water partition coefficient (Wildman–Crippen LogP) is 0.223. The first kappa shape index (κ1) is 14.2. The highest BCUT2D eigenvalue weighted by Gasteiger charge is 2.40. The maximum Gasteiger partial charge on any atom is 0.162 e. The number of ether oxygens (including phenoxy) is 1. The van der Waals surface area contributed by atoms with Gasteiger partial charge in [0.15, 0.2) is 5.65 Å². The van der Waals surface area contributed by atoms with E-state index in [-0.39, 0.29) is 12.6 Å². The third kappa shape index (κ3) is 2.48. The molecule has 21 heavy (non-hydrogen) atoms. The number of nitrogens with zero attached hydrogens (tertiary/aromatic N) is 4. The van der Waals surface area contributed by atoms with E-state index in [1.807, 2.05) is 29.6 Å². The van der Waals surface area contributed by atoms with Crippen molar-refractivity contribution in [2.75, 3.05) is 38.7 Å². The predicted molar refractivity (Wildman–Crippen MR) is 79.3 cm³/mol. The van der Waals surface area contributed by atoms with Crippen molar-refractivity contribution >= 4 is 11.5 Å². The lowest BCUT2D eigenvalue weighted by Gasteiger charge is -2.47. The molecule has 7 heteroatoms. The van der Waals surface area contributed by atoms with Crippen LogP contribution in [0, 0.1) is 0 Å². The second-order valence-electron chi connectivity index (χ2n) is 5.68. The van der Waals surface area contributed by atoms with Crippen molar-refractivity contribution in [3.8, 4) is 0 Å². The molecule has 0 unspecified atom stereocenters. The Morgan fingerprint density at radius 3 is 3.19 bits per heavy atom. The molecule has 7 nitrogen and oxygen atoms in total. The van der Waals surface area contributed by atoms with Crippen molar-refractivity contribution in [3.63, 3.8) is 0 Å². The summed E-state index contributed by atoms with van der Waals surface area (Å²) in [6, 6.07) is 6.08. The standard InChI is InChI=1S/C14H21N5O2/c1-11-6-21-9-14(8-20,18(11)2)7-15-12-4-3-5-13-17-16-10-19(12)13/h3-5,10-11,15,20H,6-9H2,1-2H3/t11-,14+/m1/s1. The Morgan fingerprint density at radius 1 is 1.52 bits per heavy atom. The highest BCUT2D eigenvalue weighted by molar-refractivity contribution is 5.49. The van der Waals surface area contributed by atoms with Crippen LogP contribution in [-0.2, 0) is 4.74 Å². The minimum atomic E-state index is -0.423. The molecule has 0 aromatic carbocycles. The summed E-state index contributed by atoms with van der Waals surface area (Å²) in [6.07, 6.45) is 1.67. The van der Waals surface area contributed by atoms with Crippen LogP contribution in [0.5, 0.6) is 0 Å². The van der Waals surface area contributed by atoms with Gasteiger partial charge >= 0.3 is 0 Å². The van der Waals surface area contributed by atoms with Crippen LogP contribution in [0.4, 0.5) is 5.82 Å². The SMILES string of the molecule is C[C@@H]1COC[C@@](CO)(CNc2cccc3nncn23)N1C. The highest BCUT2D eigenvalue weighted by atomic mass is 16.5. The Kier molecular flexibility index (Phi) is 3.79. The van der Waals surface area contributed by atoms with Gasteiger partial charge in [-0.3, -0.25) is 9.30 Å². The lowest BCUT2D eigenvalue weighted by atomic mass is 9.96. The number of rotatable bonds is 4. The number of anilines is 1. The van der Waals surface area contributed by atoms with Crippen molar-refractivity contribution in [3.05, 3.63) is 24.5 Å². The van der Waals surface area contributed by atoms with Crippen molar-refractivity contribution in [1.82, 2.24) is 19.5 Å². The second-order valence-corrected chi connectivity index (χ2v) is 5.68. The number of likely N-dealkylation sites (N-methyl/N-ethyl adjacent to an activating group) is 1. The fraction of sp³-hybridized carbons (Fsp3) is 0.571. The molecule has 2 N–H and O–H groups in total. The van der Waals surface area contributed by atoms with E-state index in [0.717, 1.165) is 11.5 Å². The zero-order chi connectivity index (χ0) is 14.9. The van der Waals surface area contributed by atoms with E-state index in [0.29, 0.717) is 19.8 Å². The first-order chi connectivity index (χ1) is 10.2. The molecule has 1 saturated heterocycles. The molecule has 0 radical (unpaired) electrons. The fourth-order valence-corrected chi connectivity index (χ4v) is 2.74. The van der Waals surface area contributed by atoms with E-state index in [2.05, 4.69) is 27.3 Å². The van der Waals surface area contributed by atoms with Gasteiger partial charge in [-0.15, -0.1) is 10.2 Å². The quantitative estimate of drug-likeness (QED) is 0.839. The number of aromatic nitrogens is 3. The third-order valence-electron chi connectivity index (χ3n) is 4.37. The molecule has 0 saturated carbocycles. The molecule has 2 atom stereocenters. The van der Waals surface area contributed by atoms with Gasteiger partial charge in [-0.25, -0.2) is 0 Å². The van der Waals surface area contributed by atoms with Crippen LogP contribution < -0.4 is 5.32 Å². The normalized spacial score (nSPS) is 27.1. The molecular weight excluding hydrogens is 270 g/mol. The molecule has 1 aliphatic heterocycles. The first-order valence-corrected chi connectivity index (χ1v) is 7.10. The second kappa shape index (κ2) is 5.59. The molecule has 2 aromatic rings. The summed E-state index contributed by atoms with van der Waals surface area (Å²) in [5.41, 5.74) is 0.369. The number of hydrogen-bond acceptors (Lipinski definition) is 6. The number of nitrogens with one attached hydrogen (secondary N) is 1. The molecule has 0 amide bonds. The number of fused-ring (bicyclic) bond motifs is 1. The van der Waals surface area contributed by atoms with Gasteiger partial charge in [0.25, 0.3) is 0 Å². The van der Waals surface area contributed by atoms with Gasteiger partial charge in [0.1, 0.15) is 12.1 Å². The van der Waals surface area contributed by atoms with E-state index in [9.17, 15) is 5.11 Å². The van der Waals surface area contributed by atoms with Crippen LogP contribution in [0.3, 0.4) is 0 Å². The van der Waals surface area contributed by atoms with Crippen LogP contribution >= 0.6 is 0 Å². The zero-order valence-corrected chi connectivity index (χ0v) is 12.4. The first-order valence-electron chi connectivity index (χ1n) is 7.10. The molecule has 0 aliphatic carbocycles. The largest absolute Gasteiger partial charge is 0.394 e.